The number of aryl methyl sites for hydroxylation is 1. The van der Waals surface area contributed by atoms with Crippen LogP contribution in [0.5, 0.6) is 0 Å². The van der Waals surface area contributed by atoms with Gasteiger partial charge >= 0.3 is 0 Å². The molecule has 0 spiro atoms. The largest absolute Gasteiger partial charge is 0.467 e. The number of fused-ring (bicyclic) bond motifs is 2. The predicted molar refractivity (Wildman–Crippen MR) is 143 cm³/mol. The van der Waals surface area contributed by atoms with E-state index in [2.05, 4.69) is 47.6 Å². The molecule has 1 aliphatic heterocycles. The lowest BCUT2D eigenvalue weighted by Crippen LogP contribution is -2.46. The molecule has 0 saturated heterocycles. The number of nitrogens with one attached hydrogen (secondary N) is 2. The van der Waals surface area contributed by atoms with Crippen LogP contribution in [0, 0.1) is 6.92 Å². The first kappa shape index (κ1) is 22.9. The highest BCUT2D eigenvalue weighted by Crippen LogP contribution is 2.46. The SMILES string of the molecule is Cc1ccc(-c2[nH]c3ccccc3c2[C@@H]2c3ccccc3C(=O)N2[C@@H](C)C(=O)NCc2ccco2)cc1. The van der Waals surface area contributed by atoms with E-state index in [0.717, 1.165) is 33.3 Å². The van der Waals surface area contributed by atoms with Gasteiger partial charge in [-0.3, -0.25) is 9.59 Å². The Labute approximate surface area is 214 Å². The maximum absolute atomic E-state index is 13.8. The molecule has 6 rings (SSSR count). The molecule has 0 fully saturated rings. The van der Waals surface area contributed by atoms with Gasteiger partial charge in [-0.25, -0.2) is 0 Å². The Morgan fingerprint density at radius 3 is 2.54 bits per heavy atom. The number of aromatic nitrogens is 1. The summed E-state index contributed by atoms with van der Waals surface area (Å²) in [6.07, 6.45) is 1.57. The molecule has 37 heavy (non-hydrogen) atoms. The monoisotopic (exact) mass is 489 g/mol. The average molecular weight is 490 g/mol. The molecule has 184 valence electrons. The maximum Gasteiger partial charge on any atom is 0.255 e. The summed E-state index contributed by atoms with van der Waals surface area (Å²) in [6.45, 7) is 4.11. The first-order valence-electron chi connectivity index (χ1n) is 12.4. The number of hydrogen-bond donors (Lipinski definition) is 2. The summed E-state index contributed by atoms with van der Waals surface area (Å²) in [5.74, 6) is 0.270. The molecule has 0 radical (unpaired) electrons. The average Bonchev–Trinajstić information content (AvgIpc) is 3.64. The van der Waals surface area contributed by atoms with Gasteiger partial charge in [-0.15, -0.1) is 0 Å². The molecule has 0 aliphatic carbocycles. The Morgan fingerprint density at radius 2 is 1.76 bits per heavy atom. The van der Waals surface area contributed by atoms with Crippen molar-refractivity contribution in [2.45, 2.75) is 32.5 Å². The van der Waals surface area contributed by atoms with Gasteiger partial charge in [0.2, 0.25) is 5.91 Å². The van der Waals surface area contributed by atoms with E-state index in [9.17, 15) is 9.59 Å². The number of nitrogens with zero attached hydrogens (tertiary/aromatic N) is 1. The number of hydrogen-bond acceptors (Lipinski definition) is 3. The van der Waals surface area contributed by atoms with Crippen molar-refractivity contribution in [1.82, 2.24) is 15.2 Å². The lowest BCUT2D eigenvalue weighted by molar-refractivity contribution is -0.125. The third kappa shape index (κ3) is 3.91. The van der Waals surface area contributed by atoms with Gasteiger partial charge < -0.3 is 19.6 Å². The summed E-state index contributed by atoms with van der Waals surface area (Å²) in [6, 6.07) is 26.6. The summed E-state index contributed by atoms with van der Waals surface area (Å²) in [4.78, 5) is 32.5. The topological polar surface area (TPSA) is 78.3 Å². The van der Waals surface area contributed by atoms with Crippen LogP contribution in [0.25, 0.3) is 22.2 Å². The third-order valence-electron chi connectivity index (χ3n) is 7.17. The summed E-state index contributed by atoms with van der Waals surface area (Å²) in [5, 5.41) is 3.96. The van der Waals surface area contributed by atoms with E-state index in [1.54, 1.807) is 24.2 Å². The fraction of sp³-hybridized carbons (Fsp3) is 0.161. The zero-order chi connectivity index (χ0) is 25.5. The minimum Gasteiger partial charge on any atom is -0.467 e. The van der Waals surface area contributed by atoms with Gasteiger partial charge in [-0.2, -0.15) is 0 Å². The lowest BCUT2D eigenvalue weighted by atomic mass is 9.92. The van der Waals surface area contributed by atoms with E-state index in [1.807, 2.05) is 48.5 Å². The number of benzene rings is 3. The summed E-state index contributed by atoms with van der Waals surface area (Å²) < 4.78 is 5.36. The van der Waals surface area contributed by atoms with E-state index in [1.165, 1.54) is 5.56 Å². The number of carbonyl (C=O) groups excluding carboxylic acids is 2. The predicted octanol–water partition coefficient (Wildman–Crippen LogP) is 5.99. The molecule has 2 atom stereocenters. The third-order valence-corrected chi connectivity index (χ3v) is 7.17. The Bertz CT molecular complexity index is 1600. The first-order valence-corrected chi connectivity index (χ1v) is 12.4. The van der Waals surface area contributed by atoms with Crippen molar-refractivity contribution < 1.29 is 14.0 Å². The molecule has 2 N–H and O–H groups in total. The minimum absolute atomic E-state index is 0.151. The standard InChI is InChI=1S/C31H27N3O3/c1-19-13-15-21(16-14-19)28-27(25-11-5-6-12-26(25)33-28)29-23-9-3-4-10-24(23)31(36)34(29)20(2)30(35)32-18-22-8-7-17-37-22/h3-17,20,29,33H,18H2,1-2H3,(H,32,35)/t20-,29-/m0/s1. The van der Waals surface area contributed by atoms with Crippen molar-refractivity contribution in [3.63, 3.8) is 0 Å². The van der Waals surface area contributed by atoms with Gasteiger partial charge in [-0.1, -0.05) is 66.2 Å². The molecule has 3 aromatic carbocycles. The van der Waals surface area contributed by atoms with E-state index >= 15 is 0 Å². The number of furan rings is 1. The maximum atomic E-state index is 13.8. The Kier molecular flexibility index (Phi) is 5.64. The van der Waals surface area contributed by atoms with Gasteiger partial charge in [0.05, 0.1) is 24.5 Å². The van der Waals surface area contributed by atoms with E-state index in [4.69, 9.17) is 4.42 Å². The molecule has 6 heteroatoms. The van der Waals surface area contributed by atoms with Crippen molar-refractivity contribution in [3.05, 3.63) is 119 Å². The van der Waals surface area contributed by atoms with Crippen LogP contribution in [0.2, 0.25) is 0 Å². The molecule has 2 amide bonds. The number of carbonyl (C=O) groups is 2. The highest BCUT2D eigenvalue weighted by Gasteiger charge is 2.44. The minimum atomic E-state index is -0.709. The Balaban J connectivity index is 1.49. The van der Waals surface area contributed by atoms with Gasteiger partial charge in [0.1, 0.15) is 11.8 Å². The van der Waals surface area contributed by atoms with Crippen LogP contribution in [0.1, 0.15) is 45.8 Å². The highest BCUT2D eigenvalue weighted by molar-refractivity contribution is 6.04. The van der Waals surface area contributed by atoms with E-state index < -0.39 is 12.1 Å². The zero-order valence-electron chi connectivity index (χ0n) is 20.7. The molecule has 0 unspecified atom stereocenters. The molecule has 2 aromatic heterocycles. The summed E-state index contributed by atoms with van der Waals surface area (Å²) in [5.41, 5.74) is 6.65. The van der Waals surface area contributed by atoms with Gasteiger partial charge in [0.25, 0.3) is 5.91 Å². The van der Waals surface area contributed by atoms with Crippen LogP contribution < -0.4 is 5.32 Å². The zero-order valence-corrected chi connectivity index (χ0v) is 20.7. The summed E-state index contributed by atoms with van der Waals surface area (Å²) >= 11 is 0. The fourth-order valence-electron chi connectivity index (χ4n) is 5.29. The Hall–Kier alpha value is -4.58. The van der Waals surface area contributed by atoms with Crippen molar-refractivity contribution >= 4 is 22.7 Å². The molecule has 0 saturated carbocycles. The lowest BCUT2D eigenvalue weighted by Gasteiger charge is -2.31. The van der Waals surface area contributed by atoms with Gasteiger partial charge in [0, 0.05) is 22.0 Å². The van der Waals surface area contributed by atoms with E-state index in [-0.39, 0.29) is 18.4 Å². The summed E-state index contributed by atoms with van der Waals surface area (Å²) in [7, 11) is 0. The van der Waals surface area contributed by atoms with Crippen LogP contribution in [0.15, 0.2) is 95.6 Å². The molecule has 1 aliphatic rings. The van der Waals surface area contributed by atoms with Crippen molar-refractivity contribution in [2.75, 3.05) is 0 Å². The van der Waals surface area contributed by atoms with Crippen LogP contribution in [0.3, 0.4) is 0 Å². The second-order valence-electron chi connectivity index (χ2n) is 9.50. The van der Waals surface area contributed by atoms with Gasteiger partial charge in [0.15, 0.2) is 0 Å². The molecule has 3 heterocycles. The van der Waals surface area contributed by atoms with Crippen molar-refractivity contribution in [2.24, 2.45) is 0 Å². The number of aromatic amines is 1. The van der Waals surface area contributed by atoms with Crippen LogP contribution in [-0.4, -0.2) is 27.7 Å². The normalized spacial score (nSPS) is 15.7. The van der Waals surface area contributed by atoms with Crippen LogP contribution >= 0.6 is 0 Å². The highest BCUT2D eigenvalue weighted by atomic mass is 16.3. The number of H-pyrrole nitrogens is 1. The van der Waals surface area contributed by atoms with Crippen LogP contribution in [-0.2, 0) is 11.3 Å². The molecule has 0 bridgehead atoms. The van der Waals surface area contributed by atoms with Crippen LogP contribution in [0.4, 0.5) is 0 Å². The molecular formula is C31H27N3O3. The smallest absolute Gasteiger partial charge is 0.255 e. The van der Waals surface area contributed by atoms with Crippen molar-refractivity contribution in [3.8, 4) is 11.3 Å². The molecular weight excluding hydrogens is 462 g/mol. The second-order valence-corrected chi connectivity index (χ2v) is 9.50. The number of para-hydroxylation sites is 1. The Morgan fingerprint density at radius 1 is 1.00 bits per heavy atom. The van der Waals surface area contributed by atoms with Gasteiger partial charge in [-0.05, 0) is 49.2 Å². The number of amides is 2. The second kappa shape index (κ2) is 9.13. The van der Waals surface area contributed by atoms with E-state index in [0.29, 0.717) is 11.3 Å². The quantitative estimate of drug-likeness (QED) is 0.308. The molecule has 6 nitrogen and oxygen atoms in total. The van der Waals surface area contributed by atoms with Crippen molar-refractivity contribution in [1.29, 1.82) is 0 Å². The molecule has 5 aromatic rings. The first-order chi connectivity index (χ1) is 18.0. The number of rotatable bonds is 6. The fourth-order valence-corrected chi connectivity index (χ4v) is 5.29.